The molecule has 0 saturated heterocycles. The summed E-state index contributed by atoms with van der Waals surface area (Å²) in [6, 6.07) is 15.8. The number of fused-ring (bicyclic) bond motifs is 2. The van der Waals surface area contributed by atoms with E-state index in [0.29, 0.717) is 5.88 Å². The molecule has 0 radical (unpaired) electrons. The minimum absolute atomic E-state index is 0.0847. The second kappa shape index (κ2) is 7.86. The van der Waals surface area contributed by atoms with Crippen LogP contribution < -0.4 is 0 Å². The first kappa shape index (κ1) is 16.4. The Labute approximate surface area is 145 Å². The molecule has 4 rings (SSSR count). The van der Waals surface area contributed by atoms with E-state index >= 15 is 0 Å². The van der Waals surface area contributed by atoms with Gasteiger partial charge in [0.15, 0.2) is 0 Å². The first-order valence-corrected chi connectivity index (χ1v) is 8.17. The van der Waals surface area contributed by atoms with E-state index in [1.165, 1.54) is 5.39 Å². The molecule has 0 atom stereocenters. The second-order valence-corrected chi connectivity index (χ2v) is 5.59. The molecule has 1 N–H and O–H groups in total. The van der Waals surface area contributed by atoms with Gasteiger partial charge in [0.2, 0.25) is 0 Å². The molecule has 3 nitrogen and oxygen atoms in total. The molecule has 120 valence electrons. The van der Waals surface area contributed by atoms with Crippen LogP contribution in [-0.2, 0) is 12.5 Å². The van der Waals surface area contributed by atoms with Gasteiger partial charge in [0.05, 0.1) is 6.61 Å². The predicted octanol–water partition coefficient (Wildman–Crippen LogP) is 4.70. The first-order chi connectivity index (χ1) is 11.8. The Kier molecular flexibility index (Phi) is 5.36. The van der Waals surface area contributed by atoms with Crippen molar-refractivity contribution in [2.75, 3.05) is 0 Å². The summed E-state index contributed by atoms with van der Waals surface area (Å²) in [6.45, 7) is 0.0847. The van der Waals surface area contributed by atoms with Gasteiger partial charge in [-0.25, -0.2) is 0 Å². The Balaban J connectivity index is 0.000000141. The summed E-state index contributed by atoms with van der Waals surface area (Å²) in [5, 5.41) is 13.5. The van der Waals surface area contributed by atoms with Crippen LogP contribution in [0.3, 0.4) is 0 Å². The molecule has 4 aromatic rings. The summed E-state index contributed by atoms with van der Waals surface area (Å²) < 4.78 is 0. The summed E-state index contributed by atoms with van der Waals surface area (Å²) in [7, 11) is 0. The minimum Gasteiger partial charge on any atom is -0.392 e. The van der Waals surface area contributed by atoms with Gasteiger partial charge in [0.1, 0.15) is 0 Å². The highest BCUT2D eigenvalue weighted by molar-refractivity contribution is 6.18. The number of nitrogens with zero attached hydrogens (tertiary/aromatic N) is 2. The standard InChI is InChI=1S/C10H8ClN.C10H9NO/c11-6-8-2-1-3-9-7-12-5-4-10(8)9;12-7-9-3-1-2-8-6-11-5-4-10(8)9/h1-5,7H,6H2;1-6,12H,7H2. The van der Waals surface area contributed by atoms with Gasteiger partial charge >= 0.3 is 0 Å². The van der Waals surface area contributed by atoms with Crippen molar-refractivity contribution in [2.24, 2.45) is 0 Å². The van der Waals surface area contributed by atoms with Gasteiger partial charge in [-0.1, -0.05) is 36.4 Å². The van der Waals surface area contributed by atoms with E-state index in [9.17, 15) is 0 Å². The van der Waals surface area contributed by atoms with Crippen molar-refractivity contribution in [3.8, 4) is 0 Å². The Hall–Kier alpha value is -2.49. The molecule has 2 aromatic heterocycles. The van der Waals surface area contributed by atoms with Gasteiger partial charge in [-0.05, 0) is 34.0 Å². The number of alkyl halides is 1. The average molecular weight is 337 g/mol. The molecule has 0 amide bonds. The molecular weight excluding hydrogens is 320 g/mol. The number of benzene rings is 2. The van der Waals surface area contributed by atoms with Crippen LogP contribution in [0.25, 0.3) is 21.5 Å². The largest absolute Gasteiger partial charge is 0.392 e. The average Bonchev–Trinajstić information content (AvgIpc) is 2.67. The van der Waals surface area contributed by atoms with Crippen molar-refractivity contribution in [1.82, 2.24) is 9.97 Å². The number of pyridine rings is 2. The van der Waals surface area contributed by atoms with E-state index in [1.807, 2.05) is 54.7 Å². The van der Waals surface area contributed by atoms with Crippen molar-refractivity contribution in [3.05, 3.63) is 84.4 Å². The van der Waals surface area contributed by atoms with E-state index in [4.69, 9.17) is 16.7 Å². The van der Waals surface area contributed by atoms with Crippen LogP contribution in [0.4, 0.5) is 0 Å². The summed E-state index contributed by atoms with van der Waals surface area (Å²) in [6.07, 6.45) is 7.18. The van der Waals surface area contributed by atoms with E-state index in [0.717, 1.165) is 27.3 Å². The van der Waals surface area contributed by atoms with Gasteiger partial charge in [0.25, 0.3) is 0 Å². The van der Waals surface area contributed by atoms with Gasteiger partial charge < -0.3 is 5.11 Å². The van der Waals surface area contributed by atoms with Crippen LogP contribution in [0, 0.1) is 0 Å². The third-order valence-corrected chi connectivity index (χ3v) is 4.14. The number of aromatic nitrogens is 2. The number of aliphatic hydroxyl groups excluding tert-OH is 1. The summed E-state index contributed by atoms with van der Waals surface area (Å²) >= 11 is 5.79. The lowest BCUT2D eigenvalue weighted by atomic mass is 10.1. The maximum atomic E-state index is 9.02. The zero-order valence-corrected chi connectivity index (χ0v) is 13.8. The van der Waals surface area contributed by atoms with Crippen LogP contribution in [0.2, 0.25) is 0 Å². The highest BCUT2D eigenvalue weighted by atomic mass is 35.5. The molecule has 0 unspecified atom stereocenters. The Bertz CT molecular complexity index is 866. The van der Waals surface area contributed by atoms with Crippen LogP contribution in [0.1, 0.15) is 11.1 Å². The van der Waals surface area contributed by atoms with Crippen molar-refractivity contribution in [3.63, 3.8) is 0 Å². The van der Waals surface area contributed by atoms with Crippen molar-refractivity contribution >= 4 is 33.1 Å². The van der Waals surface area contributed by atoms with Crippen LogP contribution in [0.5, 0.6) is 0 Å². The van der Waals surface area contributed by atoms with E-state index in [-0.39, 0.29) is 6.61 Å². The van der Waals surface area contributed by atoms with Crippen molar-refractivity contribution in [2.45, 2.75) is 12.5 Å². The van der Waals surface area contributed by atoms with Crippen molar-refractivity contribution < 1.29 is 5.11 Å². The fraction of sp³-hybridized carbons (Fsp3) is 0.100. The van der Waals surface area contributed by atoms with Gasteiger partial charge in [0, 0.05) is 41.4 Å². The maximum Gasteiger partial charge on any atom is 0.0687 e. The molecule has 0 spiro atoms. The summed E-state index contributed by atoms with van der Waals surface area (Å²) in [4.78, 5) is 8.05. The molecule has 0 aliphatic carbocycles. The third kappa shape index (κ3) is 3.53. The third-order valence-electron chi connectivity index (χ3n) is 3.86. The molecule has 0 aliphatic heterocycles. The maximum absolute atomic E-state index is 9.02. The molecule has 0 fully saturated rings. The van der Waals surface area contributed by atoms with E-state index in [2.05, 4.69) is 9.97 Å². The van der Waals surface area contributed by atoms with Gasteiger partial charge in [-0.2, -0.15) is 0 Å². The molecule has 0 bridgehead atoms. The van der Waals surface area contributed by atoms with Gasteiger partial charge in [-0.15, -0.1) is 11.6 Å². The smallest absolute Gasteiger partial charge is 0.0687 e. The van der Waals surface area contributed by atoms with E-state index in [1.54, 1.807) is 18.6 Å². The molecule has 4 heteroatoms. The summed E-state index contributed by atoms with van der Waals surface area (Å²) in [5.41, 5.74) is 2.12. The molecular formula is C20H17ClN2O. The molecule has 24 heavy (non-hydrogen) atoms. The number of halogens is 1. The van der Waals surface area contributed by atoms with E-state index < -0.39 is 0 Å². The molecule has 0 saturated carbocycles. The quantitative estimate of drug-likeness (QED) is 0.540. The zero-order valence-electron chi connectivity index (χ0n) is 13.1. The lowest BCUT2D eigenvalue weighted by Crippen LogP contribution is -1.85. The first-order valence-electron chi connectivity index (χ1n) is 7.63. The fourth-order valence-electron chi connectivity index (χ4n) is 2.63. The number of rotatable bonds is 2. The Morgan fingerprint density at radius 3 is 1.83 bits per heavy atom. The highest BCUT2D eigenvalue weighted by Gasteiger charge is 1.98. The second-order valence-electron chi connectivity index (χ2n) is 5.32. The van der Waals surface area contributed by atoms with Crippen LogP contribution in [0.15, 0.2) is 73.3 Å². The highest BCUT2D eigenvalue weighted by Crippen LogP contribution is 2.18. The molecule has 0 aliphatic rings. The monoisotopic (exact) mass is 336 g/mol. The molecule has 2 aromatic carbocycles. The van der Waals surface area contributed by atoms with Crippen LogP contribution >= 0.6 is 11.6 Å². The normalized spacial score (nSPS) is 10.4. The fourth-order valence-corrected chi connectivity index (χ4v) is 2.87. The Morgan fingerprint density at radius 1 is 0.750 bits per heavy atom. The topological polar surface area (TPSA) is 46.0 Å². The summed E-state index contributed by atoms with van der Waals surface area (Å²) in [5.74, 6) is 0.557. The predicted molar refractivity (Wildman–Crippen MR) is 99.0 cm³/mol. The van der Waals surface area contributed by atoms with Gasteiger partial charge in [-0.3, -0.25) is 9.97 Å². The lowest BCUT2D eigenvalue weighted by Gasteiger charge is -2.01. The van der Waals surface area contributed by atoms with Crippen molar-refractivity contribution in [1.29, 1.82) is 0 Å². The molecule has 2 heterocycles. The number of hydrogen-bond donors (Lipinski definition) is 1. The number of aliphatic hydroxyl groups is 1. The minimum atomic E-state index is 0.0847. The SMILES string of the molecule is ClCc1cccc2cnccc12.OCc1cccc2cnccc12. The number of hydrogen-bond acceptors (Lipinski definition) is 3. The lowest BCUT2D eigenvalue weighted by molar-refractivity contribution is 0.283. The van der Waals surface area contributed by atoms with Crippen LogP contribution in [-0.4, -0.2) is 15.1 Å². The zero-order chi connectivity index (χ0) is 16.8. The Morgan fingerprint density at radius 2 is 1.29 bits per heavy atom.